The number of nitrogens with one attached hydrogen (secondary N) is 1. The van der Waals surface area contributed by atoms with Gasteiger partial charge in [-0.3, -0.25) is 4.79 Å². The predicted octanol–water partition coefficient (Wildman–Crippen LogP) is 1.35. The van der Waals surface area contributed by atoms with E-state index in [0.717, 1.165) is 0 Å². The van der Waals surface area contributed by atoms with Gasteiger partial charge in [-0.15, -0.1) is 0 Å². The highest BCUT2D eigenvalue weighted by Crippen LogP contribution is 2.34. The van der Waals surface area contributed by atoms with Gasteiger partial charge in [-0.05, 0) is 12.8 Å². The Kier molecular flexibility index (Phi) is 6.77. The molecular weight excluding hydrogens is 417 g/mol. The Hall–Kier alpha value is -3.17. The first-order valence-corrected chi connectivity index (χ1v) is 9.37. The quantitative estimate of drug-likeness (QED) is 0.415. The third-order valence-corrected chi connectivity index (χ3v) is 4.42. The molecule has 2 aromatic heterocycles. The van der Waals surface area contributed by atoms with Crippen LogP contribution in [0.2, 0.25) is 0 Å². The highest BCUT2D eigenvalue weighted by atomic mass is 19.4. The van der Waals surface area contributed by atoms with Gasteiger partial charge in [-0.1, -0.05) is 11.8 Å². The van der Waals surface area contributed by atoms with Crippen LogP contribution in [-0.2, 0) is 9.53 Å². The zero-order chi connectivity index (χ0) is 22.6. The summed E-state index contributed by atoms with van der Waals surface area (Å²) in [5.41, 5.74) is 0.923. The molecule has 1 saturated heterocycles. The van der Waals surface area contributed by atoms with Gasteiger partial charge in [0.2, 0.25) is 0 Å². The van der Waals surface area contributed by atoms with Gasteiger partial charge in [-0.2, -0.15) is 13.2 Å². The fourth-order valence-corrected chi connectivity index (χ4v) is 3.04. The molecular formula is C19H21F3N6O3. The minimum absolute atomic E-state index is 0.103. The van der Waals surface area contributed by atoms with E-state index in [1.54, 1.807) is 41.4 Å². The number of alkyl halides is 3. The lowest BCUT2D eigenvalue weighted by atomic mass is 10.2. The maximum Gasteiger partial charge on any atom is 0.471 e. The number of hydrogen-bond acceptors (Lipinski definition) is 6. The zero-order valence-electron chi connectivity index (χ0n) is 16.8. The molecule has 12 heteroatoms. The van der Waals surface area contributed by atoms with Crippen molar-refractivity contribution in [3.8, 4) is 11.8 Å². The van der Waals surface area contributed by atoms with E-state index in [4.69, 9.17) is 4.74 Å². The lowest BCUT2D eigenvalue weighted by Crippen LogP contribution is -2.36. The van der Waals surface area contributed by atoms with Gasteiger partial charge < -0.3 is 24.6 Å². The average Bonchev–Trinajstić information content (AvgIpc) is 3.33. The molecule has 1 amide bonds. The second-order valence-electron chi connectivity index (χ2n) is 7.01. The Labute approximate surface area is 175 Å². The molecule has 0 radical (unpaired) electrons. The van der Waals surface area contributed by atoms with Crippen molar-refractivity contribution >= 4 is 29.1 Å². The molecule has 3 rings (SSSR count). The molecule has 2 aromatic rings. The van der Waals surface area contributed by atoms with Crippen molar-refractivity contribution in [3.05, 3.63) is 18.1 Å². The van der Waals surface area contributed by atoms with Crippen LogP contribution in [0.4, 0.5) is 19.0 Å². The maximum atomic E-state index is 12.3. The van der Waals surface area contributed by atoms with Gasteiger partial charge >= 0.3 is 12.1 Å². The number of carbonyl (C=O) groups excluding carboxylic acids is 1. The second kappa shape index (κ2) is 9.32. The molecule has 0 aliphatic carbocycles. The van der Waals surface area contributed by atoms with E-state index in [2.05, 4.69) is 26.8 Å². The Morgan fingerprint density at radius 1 is 1.45 bits per heavy atom. The van der Waals surface area contributed by atoms with Crippen molar-refractivity contribution < 1.29 is 27.8 Å². The van der Waals surface area contributed by atoms with Crippen LogP contribution in [0.15, 0.2) is 17.5 Å². The summed E-state index contributed by atoms with van der Waals surface area (Å²) in [4.78, 5) is 25.5. The van der Waals surface area contributed by atoms with Crippen LogP contribution in [0.5, 0.6) is 0 Å². The van der Waals surface area contributed by atoms with Crippen LogP contribution in [0, 0.1) is 11.8 Å². The highest BCUT2D eigenvalue weighted by Gasteiger charge is 2.38. The normalized spacial score (nSPS) is 18.9. The number of halogens is 3. The standard InChI is InChI=1S/C19H21F3N6O3/c1-27(2)11-26-16-15-12(4-3-7-23-18(30)19(20,21)22)8-28(17(15)25-10-24-16)14-6-5-13(9-29)31-14/h8,10-11,13-14,29H,5-7,9H2,1-2H3,(H,23,30)/b26-11+/t13-,14+/m0/s1. The molecule has 31 heavy (non-hydrogen) atoms. The molecule has 3 heterocycles. The smallest absolute Gasteiger partial charge is 0.394 e. The van der Waals surface area contributed by atoms with E-state index in [0.29, 0.717) is 35.3 Å². The summed E-state index contributed by atoms with van der Waals surface area (Å²) in [5, 5.41) is 11.6. The molecule has 1 aliphatic rings. The third-order valence-electron chi connectivity index (χ3n) is 4.42. The SMILES string of the molecule is CN(C)/C=N/c1ncnc2c1c(C#CCNC(=O)C(F)(F)F)cn2[C@H]1CC[C@@H](CO)O1. The number of hydrogen-bond donors (Lipinski definition) is 2. The monoisotopic (exact) mass is 438 g/mol. The van der Waals surface area contributed by atoms with E-state index in [-0.39, 0.29) is 18.9 Å². The molecule has 0 unspecified atom stereocenters. The summed E-state index contributed by atoms with van der Waals surface area (Å²) < 4.78 is 44.5. The molecule has 1 aliphatic heterocycles. The fraction of sp³-hybridized carbons (Fsp3) is 0.474. The van der Waals surface area contributed by atoms with Crippen molar-refractivity contribution in [3.63, 3.8) is 0 Å². The Morgan fingerprint density at radius 2 is 2.23 bits per heavy atom. The summed E-state index contributed by atoms with van der Waals surface area (Å²) >= 11 is 0. The van der Waals surface area contributed by atoms with Gasteiger partial charge in [0.25, 0.3) is 0 Å². The molecule has 2 N–H and O–H groups in total. The number of aromatic nitrogens is 3. The Morgan fingerprint density at radius 3 is 2.87 bits per heavy atom. The topological polar surface area (TPSA) is 105 Å². The second-order valence-corrected chi connectivity index (χ2v) is 7.01. The summed E-state index contributed by atoms with van der Waals surface area (Å²) in [6.07, 6.45) is 0.225. The van der Waals surface area contributed by atoms with E-state index in [1.807, 2.05) is 0 Å². The molecule has 0 bridgehead atoms. The minimum atomic E-state index is -4.97. The van der Waals surface area contributed by atoms with E-state index in [1.165, 1.54) is 6.33 Å². The van der Waals surface area contributed by atoms with Gasteiger partial charge in [-0.25, -0.2) is 15.0 Å². The lowest BCUT2D eigenvalue weighted by molar-refractivity contribution is -0.173. The third kappa shape index (κ3) is 5.31. The van der Waals surface area contributed by atoms with Crippen LogP contribution in [0.25, 0.3) is 11.0 Å². The zero-order valence-corrected chi connectivity index (χ0v) is 16.8. The number of aliphatic hydroxyl groups is 1. The van der Waals surface area contributed by atoms with Crippen molar-refractivity contribution in [2.45, 2.75) is 31.3 Å². The fourth-order valence-electron chi connectivity index (χ4n) is 3.04. The van der Waals surface area contributed by atoms with Crippen molar-refractivity contribution in [2.75, 3.05) is 27.2 Å². The average molecular weight is 438 g/mol. The highest BCUT2D eigenvalue weighted by molar-refractivity contribution is 5.93. The molecule has 9 nitrogen and oxygen atoms in total. The summed E-state index contributed by atoms with van der Waals surface area (Å²) in [7, 11) is 3.58. The molecule has 0 aromatic carbocycles. The first-order valence-electron chi connectivity index (χ1n) is 9.37. The van der Waals surface area contributed by atoms with Crippen molar-refractivity contribution in [2.24, 2.45) is 4.99 Å². The first kappa shape index (κ1) is 22.5. The van der Waals surface area contributed by atoms with E-state index < -0.39 is 18.6 Å². The van der Waals surface area contributed by atoms with Crippen LogP contribution in [0.1, 0.15) is 24.6 Å². The molecule has 166 valence electrons. The molecule has 1 fully saturated rings. The van der Waals surface area contributed by atoms with Gasteiger partial charge in [0.1, 0.15) is 18.2 Å². The maximum absolute atomic E-state index is 12.3. The number of fused-ring (bicyclic) bond motifs is 1. The molecule has 0 saturated carbocycles. The van der Waals surface area contributed by atoms with Gasteiger partial charge in [0, 0.05) is 20.3 Å². The van der Waals surface area contributed by atoms with Crippen molar-refractivity contribution in [1.29, 1.82) is 0 Å². The van der Waals surface area contributed by atoms with Crippen molar-refractivity contribution in [1.82, 2.24) is 24.8 Å². The predicted molar refractivity (Wildman–Crippen MR) is 106 cm³/mol. The van der Waals surface area contributed by atoms with Crippen LogP contribution < -0.4 is 5.32 Å². The summed E-state index contributed by atoms with van der Waals surface area (Å²) in [5.74, 6) is 3.56. The Balaban J connectivity index is 1.97. The number of amides is 1. The molecule has 2 atom stereocenters. The van der Waals surface area contributed by atoms with E-state index in [9.17, 15) is 23.1 Å². The van der Waals surface area contributed by atoms with Gasteiger partial charge in [0.15, 0.2) is 5.82 Å². The first-order chi connectivity index (χ1) is 14.7. The summed E-state index contributed by atoms with van der Waals surface area (Å²) in [6.45, 7) is -0.587. The van der Waals surface area contributed by atoms with Gasteiger partial charge in [0.05, 0.1) is 36.5 Å². The van der Waals surface area contributed by atoms with E-state index >= 15 is 0 Å². The van der Waals surface area contributed by atoms with Crippen LogP contribution in [0.3, 0.4) is 0 Å². The lowest BCUT2D eigenvalue weighted by Gasteiger charge is -2.14. The minimum Gasteiger partial charge on any atom is -0.394 e. The Bertz CT molecular complexity index is 1040. The number of ether oxygens (including phenoxy) is 1. The van der Waals surface area contributed by atoms with Crippen LogP contribution in [-0.4, -0.2) is 76.3 Å². The summed E-state index contributed by atoms with van der Waals surface area (Å²) in [6, 6.07) is 0. The van der Waals surface area contributed by atoms with Crippen LogP contribution >= 0.6 is 0 Å². The largest absolute Gasteiger partial charge is 0.471 e. The number of aliphatic imine (C=N–C) groups is 1. The number of rotatable bonds is 5. The number of aliphatic hydroxyl groups excluding tert-OH is 1. The number of carbonyl (C=O) groups is 1. The molecule has 0 spiro atoms. The number of nitrogens with zero attached hydrogens (tertiary/aromatic N) is 5.